The van der Waals surface area contributed by atoms with Gasteiger partial charge in [0.05, 0.1) is 10.4 Å². The van der Waals surface area contributed by atoms with Crippen LogP contribution >= 0.6 is 0 Å². The maximum atomic E-state index is 12.7. The molecule has 0 aliphatic carbocycles. The van der Waals surface area contributed by atoms with Gasteiger partial charge >= 0.3 is 0 Å². The van der Waals surface area contributed by atoms with Crippen LogP contribution < -0.4 is 5.32 Å². The fraction of sp³-hybridized carbons (Fsp3) is 0.300. The van der Waals surface area contributed by atoms with Gasteiger partial charge in [-0.2, -0.15) is 5.10 Å². The number of nitro benzene ring substituents is 1. The molecule has 0 unspecified atom stereocenters. The van der Waals surface area contributed by atoms with Crippen molar-refractivity contribution in [1.82, 2.24) is 20.4 Å². The number of carbonyl (C=O) groups excluding carboxylic acids is 1. The zero-order chi connectivity index (χ0) is 19.5. The molecular formula is C20H21N5O3. The van der Waals surface area contributed by atoms with Gasteiger partial charge in [-0.05, 0) is 24.5 Å². The molecule has 0 spiro atoms. The van der Waals surface area contributed by atoms with E-state index >= 15 is 0 Å². The van der Waals surface area contributed by atoms with Crippen LogP contribution in [-0.2, 0) is 6.54 Å². The first-order valence-corrected chi connectivity index (χ1v) is 9.30. The van der Waals surface area contributed by atoms with E-state index in [0.29, 0.717) is 10.9 Å². The monoisotopic (exact) mass is 379 g/mol. The zero-order valence-electron chi connectivity index (χ0n) is 15.3. The minimum absolute atomic E-state index is 0.0582. The molecule has 0 atom stereocenters. The van der Waals surface area contributed by atoms with Crippen molar-refractivity contribution in [3.8, 4) is 0 Å². The Morgan fingerprint density at radius 3 is 2.68 bits per heavy atom. The first-order valence-electron chi connectivity index (χ1n) is 9.30. The molecule has 2 N–H and O–H groups in total. The summed E-state index contributed by atoms with van der Waals surface area (Å²) in [5, 5.41) is 21.3. The van der Waals surface area contributed by atoms with E-state index in [9.17, 15) is 14.9 Å². The number of benzene rings is 2. The molecule has 1 saturated heterocycles. The Morgan fingerprint density at radius 2 is 1.96 bits per heavy atom. The average Bonchev–Trinajstić information content (AvgIpc) is 3.13. The number of piperidine rings is 1. The van der Waals surface area contributed by atoms with E-state index in [0.717, 1.165) is 32.5 Å². The van der Waals surface area contributed by atoms with E-state index in [2.05, 4.69) is 32.5 Å². The number of nitrogens with zero attached hydrogens (tertiary/aromatic N) is 3. The maximum absolute atomic E-state index is 12.7. The molecule has 0 bridgehead atoms. The zero-order valence-corrected chi connectivity index (χ0v) is 15.3. The fourth-order valence-electron chi connectivity index (χ4n) is 3.62. The normalized spacial score (nSPS) is 15.6. The van der Waals surface area contributed by atoms with E-state index in [1.165, 1.54) is 17.7 Å². The van der Waals surface area contributed by atoms with E-state index in [-0.39, 0.29) is 23.3 Å². The van der Waals surface area contributed by atoms with E-state index in [1.54, 1.807) is 6.07 Å². The number of nitro groups is 1. The molecule has 1 aliphatic rings. The van der Waals surface area contributed by atoms with E-state index in [4.69, 9.17) is 0 Å². The molecular weight excluding hydrogens is 358 g/mol. The maximum Gasteiger partial charge on any atom is 0.272 e. The van der Waals surface area contributed by atoms with Crippen LogP contribution in [-0.4, -0.2) is 45.1 Å². The Morgan fingerprint density at radius 1 is 1.21 bits per heavy atom. The number of nitrogens with one attached hydrogen (secondary N) is 2. The molecule has 1 aromatic heterocycles. The second kappa shape index (κ2) is 7.77. The van der Waals surface area contributed by atoms with Gasteiger partial charge in [0.15, 0.2) is 5.69 Å². The fourth-order valence-corrected chi connectivity index (χ4v) is 3.62. The number of fused-ring (bicyclic) bond motifs is 1. The number of hydrogen-bond acceptors (Lipinski definition) is 5. The summed E-state index contributed by atoms with van der Waals surface area (Å²) in [5.41, 5.74) is 2.03. The Kier molecular flexibility index (Phi) is 5.03. The molecule has 1 aliphatic heterocycles. The molecule has 8 heteroatoms. The van der Waals surface area contributed by atoms with Crippen molar-refractivity contribution < 1.29 is 9.72 Å². The summed E-state index contributed by atoms with van der Waals surface area (Å²) in [6, 6.07) is 14.8. The number of likely N-dealkylation sites (tertiary alicyclic amines) is 1. The lowest BCUT2D eigenvalue weighted by atomic mass is 10.0. The number of H-pyrrole nitrogens is 1. The average molecular weight is 379 g/mol. The van der Waals surface area contributed by atoms with Gasteiger partial charge in [0, 0.05) is 43.2 Å². The van der Waals surface area contributed by atoms with Gasteiger partial charge in [-0.25, -0.2) is 0 Å². The first-order chi connectivity index (χ1) is 13.6. The van der Waals surface area contributed by atoms with Crippen LogP contribution in [0.2, 0.25) is 0 Å². The largest absolute Gasteiger partial charge is 0.348 e. The van der Waals surface area contributed by atoms with Crippen LogP contribution in [0.3, 0.4) is 0 Å². The number of amides is 1. The molecule has 3 aromatic rings. The summed E-state index contributed by atoms with van der Waals surface area (Å²) >= 11 is 0. The SMILES string of the molecule is O=C(NC1CCN(Cc2ccccc2)CC1)c1n[nH]c2ccc([N+](=O)[O-])cc12. The van der Waals surface area contributed by atoms with Crippen LogP contribution in [0, 0.1) is 10.1 Å². The summed E-state index contributed by atoms with van der Waals surface area (Å²) in [7, 11) is 0. The molecule has 4 rings (SSSR count). The quantitative estimate of drug-likeness (QED) is 0.524. The van der Waals surface area contributed by atoms with Gasteiger partial charge < -0.3 is 5.32 Å². The summed E-state index contributed by atoms with van der Waals surface area (Å²) in [6.07, 6.45) is 1.72. The second-order valence-electron chi connectivity index (χ2n) is 7.07. The lowest BCUT2D eigenvalue weighted by Gasteiger charge is -2.32. The molecule has 0 saturated carbocycles. The highest BCUT2D eigenvalue weighted by atomic mass is 16.6. The Labute approximate surface area is 161 Å². The molecule has 144 valence electrons. The molecule has 1 fully saturated rings. The summed E-state index contributed by atoms with van der Waals surface area (Å²) < 4.78 is 0. The van der Waals surface area contributed by atoms with Gasteiger partial charge in [0.1, 0.15) is 0 Å². The highest BCUT2D eigenvalue weighted by Gasteiger charge is 2.23. The Hall–Kier alpha value is -3.26. The van der Waals surface area contributed by atoms with Gasteiger partial charge in [0.25, 0.3) is 11.6 Å². The molecule has 1 amide bonds. The minimum Gasteiger partial charge on any atom is -0.348 e. The van der Waals surface area contributed by atoms with Crippen molar-refractivity contribution in [3.63, 3.8) is 0 Å². The van der Waals surface area contributed by atoms with Crippen LogP contribution in [0.1, 0.15) is 28.9 Å². The van der Waals surface area contributed by atoms with Crippen molar-refractivity contribution in [3.05, 3.63) is 69.9 Å². The molecule has 28 heavy (non-hydrogen) atoms. The molecule has 0 radical (unpaired) electrons. The third-order valence-electron chi connectivity index (χ3n) is 5.14. The lowest BCUT2D eigenvalue weighted by Crippen LogP contribution is -2.44. The van der Waals surface area contributed by atoms with Crippen molar-refractivity contribution in [1.29, 1.82) is 0 Å². The molecule has 2 aromatic carbocycles. The van der Waals surface area contributed by atoms with Crippen molar-refractivity contribution in [2.45, 2.75) is 25.4 Å². The van der Waals surface area contributed by atoms with Gasteiger partial charge in [-0.1, -0.05) is 30.3 Å². The summed E-state index contributed by atoms with van der Waals surface area (Å²) in [5.74, 6) is -0.298. The first kappa shape index (κ1) is 18.1. The molecule has 2 heterocycles. The minimum atomic E-state index is -0.476. The second-order valence-corrected chi connectivity index (χ2v) is 7.07. The Balaban J connectivity index is 1.38. The summed E-state index contributed by atoms with van der Waals surface area (Å²) in [4.78, 5) is 25.6. The van der Waals surface area contributed by atoms with Crippen molar-refractivity contribution >= 4 is 22.5 Å². The third-order valence-corrected chi connectivity index (χ3v) is 5.14. The number of non-ortho nitro benzene ring substituents is 1. The van der Waals surface area contributed by atoms with Gasteiger partial charge in [-0.15, -0.1) is 0 Å². The number of hydrogen-bond donors (Lipinski definition) is 2. The highest BCUT2D eigenvalue weighted by Crippen LogP contribution is 2.22. The number of aromatic amines is 1. The standard InChI is InChI=1S/C20H21N5O3/c26-20(19-17-12-16(25(27)28)6-7-18(17)22-23-19)21-15-8-10-24(11-9-15)13-14-4-2-1-3-5-14/h1-7,12,15H,8-11,13H2,(H,21,26)(H,22,23). The van der Waals surface area contributed by atoms with E-state index < -0.39 is 4.92 Å². The van der Waals surface area contributed by atoms with Crippen molar-refractivity contribution in [2.24, 2.45) is 0 Å². The Bertz CT molecular complexity index is 994. The highest BCUT2D eigenvalue weighted by molar-refractivity contribution is 6.05. The third kappa shape index (κ3) is 3.86. The topological polar surface area (TPSA) is 104 Å². The molecule has 8 nitrogen and oxygen atoms in total. The van der Waals surface area contributed by atoms with Gasteiger partial charge in [0.2, 0.25) is 0 Å². The van der Waals surface area contributed by atoms with E-state index in [1.807, 2.05) is 18.2 Å². The van der Waals surface area contributed by atoms with Crippen molar-refractivity contribution in [2.75, 3.05) is 13.1 Å². The predicted octanol–water partition coefficient (Wildman–Crippen LogP) is 2.87. The number of aromatic nitrogens is 2. The van der Waals surface area contributed by atoms with Gasteiger partial charge in [-0.3, -0.25) is 24.9 Å². The predicted molar refractivity (Wildman–Crippen MR) is 105 cm³/mol. The number of carbonyl (C=O) groups is 1. The summed E-state index contributed by atoms with van der Waals surface area (Å²) in [6.45, 7) is 2.73. The van der Waals surface area contributed by atoms with Crippen LogP contribution in [0.25, 0.3) is 10.9 Å². The van der Waals surface area contributed by atoms with Crippen LogP contribution in [0.4, 0.5) is 5.69 Å². The van der Waals surface area contributed by atoms with Crippen LogP contribution in [0.15, 0.2) is 48.5 Å². The number of rotatable bonds is 5. The van der Waals surface area contributed by atoms with Crippen LogP contribution in [0.5, 0.6) is 0 Å². The lowest BCUT2D eigenvalue weighted by molar-refractivity contribution is -0.384. The smallest absolute Gasteiger partial charge is 0.272 e.